The molecule has 0 aromatic carbocycles. The van der Waals surface area contributed by atoms with Gasteiger partial charge in [0.1, 0.15) is 6.04 Å². The largest absolute Gasteiger partial charge is 0.392 e. The van der Waals surface area contributed by atoms with Gasteiger partial charge in [-0.05, 0) is 6.92 Å². The number of nitrogens with zero attached hydrogens (tertiary/aromatic N) is 1. The van der Waals surface area contributed by atoms with Crippen molar-refractivity contribution in [1.82, 2.24) is 15.5 Å². The molecule has 0 saturated carbocycles. The van der Waals surface area contributed by atoms with Gasteiger partial charge in [0.25, 0.3) is 0 Å². The molecule has 1 rings (SSSR count). The summed E-state index contributed by atoms with van der Waals surface area (Å²) in [6, 6.07) is -0.383. The van der Waals surface area contributed by atoms with Crippen LogP contribution in [-0.2, 0) is 9.59 Å². The van der Waals surface area contributed by atoms with E-state index in [0.717, 1.165) is 0 Å². The number of hydrogen-bond donors (Lipinski definition) is 3. The monoisotopic (exact) mass is 215 g/mol. The van der Waals surface area contributed by atoms with Crippen LogP contribution in [0.25, 0.3) is 0 Å². The minimum absolute atomic E-state index is 0.0998. The Kier molecular flexibility index (Phi) is 4.05. The molecule has 15 heavy (non-hydrogen) atoms. The quantitative estimate of drug-likeness (QED) is 0.504. The Morgan fingerprint density at radius 3 is 2.87 bits per heavy atom. The highest BCUT2D eigenvalue weighted by molar-refractivity contribution is 5.86. The van der Waals surface area contributed by atoms with Crippen LogP contribution in [0.1, 0.15) is 6.92 Å². The predicted octanol–water partition coefficient (Wildman–Crippen LogP) is -2.09. The van der Waals surface area contributed by atoms with Crippen LogP contribution < -0.4 is 10.6 Å². The number of piperazine rings is 1. The van der Waals surface area contributed by atoms with Gasteiger partial charge in [0.15, 0.2) is 0 Å². The van der Waals surface area contributed by atoms with Gasteiger partial charge in [0, 0.05) is 20.1 Å². The van der Waals surface area contributed by atoms with E-state index in [4.69, 9.17) is 5.11 Å². The van der Waals surface area contributed by atoms with Crippen LogP contribution in [0.15, 0.2) is 0 Å². The van der Waals surface area contributed by atoms with Gasteiger partial charge >= 0.3 is 0 Å². The molecule has 6 nitrogen and oxygen atoms in total. The summed E-state index contributed by atoms with van der Waals surface area (Å²) in [7, 11) is 1.63. The summed E-state index contributed by atoms with van der Waals surface area (Å²) in [6.45, 7) is 2.39. The molecule has 1 fully saturated rings. The number of carbonyl (C=O) groups excluding carboxylic acids is 2. The average Bonchev–Trinajstić information content (AvgIpc) is 2.17. The lowest BCUT2D eigenvalue weighted by Gasteiger charge is -2.28. The minimum atomic E-state index is -0.544. The third-order valence-electron chi connectivity index (χ3n) is 2.22. The molecule has 2 amide bonds. The van der Waals surface area contributed by atoms with Gasteiger partial charge in [-0.2, -0.15) is 0 Å². The molecule has 1 heterocycles. The highest BCUT2D eigenvalue weighted by atomic mass is 16.3. The summed E-state index contributed by atoms with van der Waals surface area (Å²) in [5.41, 5.74) is 0. The van der Waals surface area contributed by atoms with Crippen molar-refractivity contribution in [2.75, 3.05) is 26.7 Å². The van der Waals surface area contributed by atoms with E-state index in [1.54, 1.807) is 14.0 Å². The molecule has 2 atom stereocenters. The molecule has 6 heteroatoms. The van der Waals surface area contributed by atoms with Crippen LogP contribution in [0.3, 0.4) is 0 Å². The Bertz CT molecular complexity index is 245. The van der Waals surface area contributed by atoms with Crippen LogP contribution in [0.4, 0.5) is 0 Å². The van der Waals surface area contributed by atoms with Gasteiger partial charge in [-0.3, -0.25) is 14.9 Å². The van der Waals surface area contributed by atoms with Crippen molar-refractivity contribution in [2.24, 2.45) is 0 Å². The lowest BCUT2D eigenvalue weighted by Crippen LogP contribution is -2.58. The molecule has 0 spiro atoms. The molecule has 1 aliphatic heterocycles. The number of aliphatic hydroxyl groups is 1. The molecule has 0 aromatic heterocycles. The number of hydrogen-bond acceptors (Lipinski definition) is 4. The van der Waals surface area contributed by atoms with E-state index in [2.05, 4.69) is 10.6 Å². The van der Waals surface area contributed by atoms with Gasteiger partial charge in [-0.15, -0.1) is 0 Å². The summed E-state index contributed by atoms with van der Waals surface area (Å²) in [5.74, 6) is -0.215. The third kappa shape index (κ3) is 3.49. The van der Waals surface area contributed by atoms with Gasteiger partial charge < -0.3 is 15.3 Å². The molecule has 86 valence electrons. The van der Waals surface area contributed by atoms with E-state index in [-0.39, 0.29) is 24.4 Å². The van der Waals surface area contributed by atoms with Crippen molar-refractivity contribution >= 4 is 11.8 Å². The number of amides is 2. The summed E-state index contributed by atoms with van der Waals surface area (Å²) in [4.78, 5) is 24.0. The number of carbonyl (C=O) groups is 2. The summed E-state index contributed by atoms with van der Waals surface area (Å²) in [5, 5.41) is 14.6. The van der Waals surface area contributed by atoms with Gasteiger partial charge in [0.2, 0.25) is 11.8 Å². The molecule has 2 unspecified atom stereocenters. The first kappa shape index (κ1) is 11.9. The first-order chi connectivity index (χ1) is 7.00. The van der Waals surface area contributed by atoms with Gasteiger partial charge in [0.05, 0.1) is 12.6 Å². The zero-order chi connectivity index (χ0) is 11.4. The molecule has 0 radical (unpaired) electrons. The van der Waals surface area contributed by atoms with E-state index in [9.17, 15) is 9.59 Å². The fourth-order valence-corrected chi connectivity index (χ4v) is 1.49. The van der Waals surface area contributed by atoms with Crippen LogP contribution in [-0.4, -0.2) is 60.6 Å². The van der Waals surface area contributed by atoms with E-state index in [1.165, 1.54) is 4.90 Å². The second-order valence-corrected chi connectivity index (χ2v) is 3.81. The van der Waals surface area contributed by atoms with Gasteiger partial charge in [-0.25, -0.2) is 0 Å². The van der Waals surface area contributed by atoms with Crippen molar-refractivity contribution in [3.8, 4) is 0 Å². The van der Waals surface area contributed by atoms with E-state index < -0.39 is 6.10 Å². The second-order valence-electron chi connectivity index (χ2n) is 3.81. The zero-order valence-electron chi connectivity index (χ0n) is 8.99. The van der Waals surface area contributed by atoms with Crippen LogP contribution >= 0.6 is 0 Å². The number of rotatable bonds is 3. The van der Waals surface area contributed by atoms with Crippen LogP contribution in [0.5, 0.6) is 0 Å². The maximum Gasteiger partial charge on any atom is 0.241 e. The number of nitrogens with one attached hydrogen (secondary N) is 2. The highest BCUT2D eigenvalue weighted by Gasteiger charge is 2.26. The molecular formula is C9H17N3O3. The Hall–Kier alpha value is -1.14. The maximum absolute atomic E-state index is 11.7. The standard InChI is InChI=1S/C9H17N3O3/c1-6(13)5-12(2)9(15)7-3-11-8(14)4-10-7/h6-7,10,13H,3-5H2,1-2H3,(H,11,14). The van der Waals surface area contributed by atoms with Gasteiger partial charge in [-0.1, -0.05) is 0 Å². The van der Waals surface area contributed by atoms with E-state index >= 15 is 0 Å². The smallest absolute Gasteiger partial charge is 0.241 e. The normalized spacial score (nSPS) is 23.1. The highest BCUT2D eigenvalue weighted by Crippen LogP contribution is 1.96. The Morgan fingerprint density at radius 1 is 1.73 bits per heavy atom. The molecule has 3 N–H and O–H groups in total. The lowest BCUT2D eigenvalue weighted by molar-refractivity contribution is -0.134. The molecular weight excluding hydrogens is 198 g/mol. The summed E-state index contributed by atoms with van der Waals surface area (Å²) in [6.07, 6.45) is -0.544. The van der Waals surface area contributed by atoms with Crippen molar-refractivity contribution in [1.29, 1.82) is 0 Å². The minimum Gasteiger partial charge on any atom is -0.392 e. The first-order valence-corrected chi connectivity index (χ1v) is 4.94. The lowest BCUT2D eigenvalue weighted by atomic mass is 10.2. The third-order valence-corrected chi connectivity index (χ3v) is 2.22. The Labute approximate surface area is 88.6 Å². The molecule has 1 saturated heterocycles. The fraction of sp³-hybridized carbons (Fsp3) is 0.778. The summed E-state index contributed by atoms with van der Waals surface area (Å²) < 4.78 is 0. The molecule has 0 aromatic rings. The molecule has 1 aliphatic rings. The first-order valence-electron chi connectivity index (χ1n) is 4.94. The number of aliphatic hydroxyl groups excluding tert-OH is 1. The van der Waals surface area contributed by atoms with Crippen LogP contribution in [0, 0.1) is 0 Å². The number of likely N-dealkylation sites (N-methyl/N-ethyl adjacent to an activating group) is 1. The Balaban J connectivity index is 2.42. The zero-order valence-corrected chi connectivity index (χ0v) is 8.99. The Morgan fingerprint density at radius 2 is 2.40 bits per heavy atom. The van der Waals surface area contributed by atoms with Crippen molar-refractivity contribution in [2.45, 2.75) is 19.1 Å². The van der Waals surface area contributed by atoms with E-state index in [0.29, 0.717) is 13.1 Å². The second kappa shape index (κ2) is 5.09. The van der Waals surface area contributed by atoms with Crippen LogP contribution in [0.2, 0.25) is 0 Å². The fourth-order valence-electron chi connectivity index (χ4n) is 1.49. The van der Waals surface area contributed by atoms with Crippen molar-refractivity contribution < 1.29 is 14.7 Å². The predicted molar refractivity (Wildman–Crippen MR) is 54.1 cm³/mol. The molecule has 0 bridgehead atoms. The topological polar surface area (TPSA) is 81.7 Å². The summed E-state index contributed by atoms with van der Waals surface area (Å²) >= 11 is 0. The average molecular weight is 215 g/mol. The SMILES string of the molecule is CC(O)CN(C)C(=O)C1CNC(=O)CN1. The molecule has 0 aliphatic carbocycles. The maximum atomic E-state index is 11.7. The van der Waals surface area contributed by atoms with Crippen molar-refractivity contribution in [3.63, 3.8) is 0 Å². The van der Waals surface area contributed by atoms with E-state index in [1.807, 2.05) is 0 Å². The van der Waals surface area contributed by atoms with Crippen molar-refractivity contribution in [3.05, 3.63) is 0 Å².